The van der Waals surface area contributed by atoms with Crippen molar-refractivity contribution in [1.82, 2.24) is 5.32 Å². The van der Waals surface area contributed by atoms with Gasteiger partial charge in [0, 0.05) is 5.56 Å². The van der Waals surface area contributed by atoms with Gasteiger partial charge in [0.05, 0.1) is 32.3 Å². The molecule has 0 fully saturated rings. The van der Waals surface area contributed by atoms with Gasteiger partial charge in [-0.3, -0.25) is 4.79 Å². The summed E-state index contributed by atoms with van der Waals surface area (Å²) >= 11 is 1.52. The fourth-order valence-electron chi connectivity index (χ4n) is 3.98. The molecule has 3 aromatic rings. The Morgan fingerprint density at radius 1 is 1.03 bits per heavy atom. The molecular formula is C29H32LiNO5S. The molecule has 0 heterocycles. The van der Waals surface area contributed by atoms with E-state index in [1.807, 2.05) is 73.8 Å². The van der Waals surface area contributed by atoms with Crippen LogP contribution in [0.1, 0.15) is 33.5 Å². The number of aliphatic carboxylic acids is 1. The van der Waals surface area contributed by atoms with E-state index in [0.717, 1.165) is 40.0 Å². The first-order valence-corrected chi connectivity index (χ1v) is 13.2. The van der Waals surface area contributed by atoms with Crippen molar-refractivity contribution in [3.8, 4) is 16.9 Å². The topological polar surface area (TPSA) is 87.7 Å². The molecule has 0 saturated heterocycles. The van der Waals surface area contributed by atoms with Gasteiger partial charge in [-0.25, -0.2) is 0 Å². The molecule has 1 atom stereocenters. The van der Waals surface area contributed by atoms with Crippen LogP contribution < -0.4 is 34.0 Å². The van der Waals surface area contributed by atoms with Crippen LogP contribution in [-0.2, 0) is 22.6 Å². The summed E-state index contributed by atoms with van der Waals surface area (Å²) in [7, 11) is 1.66. The summed E-state index contributed by atoms with van der Waals surface area (Å²) in [6.07, 6.45) is 2.91. The number of nitrogens with one attached hydrogen (secondary N) is 1. The number of benzene rings is 3. The number of aryl methyl sites for hydroxylation is 1. The van der Waals surface area contributed by atoms with Gasteiger partial charge in [0.25, 0.3) is 5.91 Å². The zero-order valence-corrected chi connectivity index (χ0v) is 22.7. The summed E-state index contributed by atoms with van der Waals surface area (Å²) in [6.45, 7) is 2.88. The summed E-state index contributed by atoms with van der Waals surface area (Å²) < 4.78 is 11.3. The molecule has 6 nitrogen and oxygen atoms in total. The fraction of sp³-hybridized carbons (Fsp3) is 0.310. The molecule has 3 aromatic carbocycles. The zero-order valence-electron chi connectivity index (χ0n) is 21.9. The Labute approximate surface area is 235 Å². The molecule has 0 spiro atoms. The number of ether oxygens (including phenoxy) is 2. The van der Waals surface area contributed by atoms with Crippen LogP contribution in [0, 0.1) is 6.92 Å². The summed E-state index contributed by atoms with van der Waals surface area (Å²) in [4.78, 5) is 24.7. The molecule has 0 aliphatic heterocycles. The number of carbonyl (C=O) groups is 2. The van der Waals surface area contributed by atoms with E-state index >= 15 is 0 Å². The van der Waals surface area contributed by atoms with Crippen LogP contribution in [0.3, 0.4) is 0 Å². The molecule has 0 aromatic heterocycles. The molecule has 190 valence electrons. The molecule has 0 unspecified atom stereocenters. The number of carboxylic acid groups (broad SMARTS) is 1. The number of amides is 1. The third-order valence-corrected chi connectivity index (χ3v) is 6.59. The van der Waals surface area contributed by atoms with Gasteiger partial charge in [-0.1, -0.05) is 48.5 Å². The maximum absolute atomic E-state index is 13.2. The summed E-state index contributed by atoms with van der Waals surface area (Å²) in [5.41, 5.74) is 5.07. The number of thioether (sulfide) groups is 1. The summed E-state index contributed by atoms with van der Waals surface area (Å²) in [5, 5.41) is 14.2. The number of para-hydroxylation sites is 1. The van der Waals surface area contributed by atoms with E-state index in [4.69, 9.17) is 9.47 Å². The molecule has 37 heavy (non-hydrogen) atoms. The molecule has 3 rings (SSSR count). The Morgan fingerprint density at radius 3 is 2.46 bits per heavy atom. The number of rotatable bonds is 13. The number of carboxylic acids is 1. The van der Waals surface area contributed by atoms with Crippen LogP contribution >= 0.6 is 11.8 Å². The standard InChI is InChI=1S/C29H33NO5S.Li/c1-20-8-4-6-10-23(20)25-18-21(19-35-16-14-22-9-5-7-11-27(22)34-2)12-13-24(25)28(31)30-26(29(32)33)15-17-36-3;/h4-13,18,26H,14-17,19H2,1-3H3,(H,30,31)(H,32,33);/q;+1/p-1/t26-;/m0./s1. The van der Waals surface area contributed by atoms with E-state index in [2.05, 4.69) is 5.32 Å². The monoisotopic (exact) mass is 513 g/mol. The zero-order chi connectivity index (χ0) is 25.9. The molecule has 0 saturated carbocycles. The summed E-state index contributed by atoms with van der Waals surface area (Å²) in [6, 6.07) is 20.1. The largest absolute Gasteiger partial charge is 1.00 e. The van der Waals surface area contributed by atoms with Gasteiger partial charge in [0.15, 0.2) is 0 Å². The second kappa shape index (κ2) is 15.5. The first-order valence-electron chi connectivity index (χ1n) is 11.8. The SMILES string of the molecule is COc1ccccc1CCOCc1ccc(C(=O)N[C@@H](CCSC)C(=O)[O-])c(-c2ccccc2C)c1.[Li+]. The van der Waals surface area contributed by atoms with Crippen molar-refractivity contribution in [2.24, 2.45) is 0 Å². The van der Waals surface area contributed by atoms with Crippen molar-refractivity contribution in [2.45, 2.75) is 32.4 Å². The van der Waals surface area contributed by atoms with Crippen molar-refractivity contribution in [1.29, 1.82) is 0 Å². The normalized spacial score (nSPS) is 11.3. The predicted molar refractivity (Wildman–Crippen MR) is 142 cm³/mol. The fourth-order valence-corrected chi connectivity index (χ4v) is 4.45. The third kappa shape index (κ3) is 8.69. The van der Waals surface area contributed by atoms with Crippen LogP contribution in [0.4, 0.5) is 0 Å². The Morgan fingerprint density at radius 2 is 1.76 bits per heavy atom. The van der Waals surface area contributed by atoms with E-state index in [-0.39, 0.29) is 18.9 Å². The maximum atomic E-state index is 13.2. The second-order valence-corrected chi connectivity index (χ2v) is 9.42. The number of hydrogen-bond acceptors (Lipinski definition) is 6. The quantitative estimate of drug-likeness (QED) is 0.272. The minimum absolute atomic E-state index is 0. The average Bonchev–Trinajstić information content (AvgIpc) is 2.89. The van der Waals surface area contributed by atoms with Crippen molar-refractivity contribution in [3.05, 3.63) is 89.0 Å². The number of carbonyl (C=O) groups excluding carboxylic acids is 2. The number of hydrogen-bond donors (Lipinski definition) is 1. The van der Waals surface area contributed by atoms with E-state index in [9.17, 15) is 14.7 Å². The van der Waals surface area contributed by atoms with E-state index in [1.165, 1.54) is 11.8 Å². The molecule has 1 amide bonds. The van der Waals surface area contributed by atoms with Gasteiger partial charge in [-0.15, -0.1) is 0 Å². The van der Waals surface area contributed by atoms with Crippen LogP contribution in [0.25, 0.3) is 11.1 Å². The second-order valence-electron chi connectivity index (χ2n) is 8.44. The van der Waals surface area contributed by atoms with Gasteiger partial charge in [0.2, 0.25) is 0 Å². The first kappa shape index (κ1) is 30.5. The third-order valence-electron chi connectivity index (χ3n) is 5.94. The van der Waals surface area contributed by atoms with Gasteiger partial charge < -0.3 is 24.7 Å². The van der Waals surface area contributed by atoms with Gasteiger partial charge >= 0.3 is 18.9 Å². The number of methoxy groups -OCH3 is 1. The van der Waals surface area contributed by atoms with Crippen LogP contribution in [0.5, 0.6) is 5.75 Å². The maximum Gasteiger partial charge on any atom is 1.00 e. The smallest absolute Gasteiger partial charge is 0.548 e. The molecule has 8 heteroatoms. The Balaban J connectivity index is 0.00000481. The Kier molecular flexibility index (Phi) is 12.8. The van der Waals surface area contributed by atoms with E-state index in [0.29, 0.717) is 31.0 Å². The van der Waals surface area contributed by atoms with Crippen molar-refractivity contribution >= 4 is 23.6 Å². The van der Waals surface area contributed by atoms with Crippen LogP contribution in [-0.4, -0.2) is 43.6 Å². The van der Waals surface area contributed by atoms with Crippen molar-refractivity contribution < 1.29 is 43.0 Å². The first-order chi connectivity index (χ1) is 17.4. The molecule has 1 N–H and O–H groups in total. The molecule has 0 bridgehead atoms. The van der Waals surface area contributed by atoms with Crippen molar-refractivity contribution in [2.75, 3.05) is 25.7 Å². The molecule has 0 aliphatic rings. The molecule has 0 aliphatic carbocycles. The van der Waals surface area contributed by atoms with Gasteiger partial charge in [-0.05, 0) is 77.8 Å². The van der Waals surface area contributed by atoms with E-state index in [1.54, 1.807) is 13.2 Å². The summed E-state index contributed by atoms with van der Waals surface area (Å²) in [5.74, 6) is -0.276. The minimum atomic E-state index is -1.28. The molecular weight excluding hydrogens is 481 g/mol. The molecule has 0 radical (unpaired) electrons. The van der Waals surface area contributed by atoms with Crippen LogP contribution in [0.15, 0.2) is 66.7 Å². The van der Waals surface area contributed by atoms with Crippen LogP contribution in [0.2, 0.25) is 0 Å². The van der Waals surface area contributed by atoms with Crippen molar-refractivity contribution in [3.63, 3.8) is 0 Å². The Bertz CT molecular complexity index is 1190. The van der Waals surface area contributed by atoms with Gasteiger partial charge in [-0.2, -0.15) is 11.8 Å². The average molecular weight is 514 g/mol. The predicted octanol–water partition coefficient (Wildman–Crippen LogP) is 1.04. The Hall–Kier alpha value is -2.69. The van der Waals surface area contributed by atoms with Gasteiger partial charge in [0.1, 0.15) is 5.75 Å². The minimum Gasteiger partial charge on any atom is -0.548 e. The van der Waals surface area contributed by atoms with E-state index < -0.39 is 17.9 Å².